The number of benzene rings is 2. The molecule has 2 nitrogen and oxygen atoms in total. The SMILES string of the molecule is Cc1cc(F)ccc1Oc1ccc(C#N)cc1. The fourth-order valence-corrected chi connectivity index (χ4v) is 1.45. The maximum absolute atomic E-state index is 12.9. The number of hydrogen-bond acceptors (Lipinski definition) is 2. The van der Waals surface area contributed by atoms with Crippen molar-refractivity contribution in [1.29, 1.82) is 5.26 Å². The summed E-state index contributed by atoms with van der Waals surface area (Å²) in [7, 11) is 0. The van der Waals surface area contributed by atoms with E-state index in [1.54, 1.807) is 37.3 Å². The molecule has 0 N–H and O–H groups in total. The first-order valence-electron chi connectivity index (χ1n) is 5.13. The van der Waals surface area contributed by atoms with E-state index in [0.717, 1.165) is 5.56 Å². The van der Waals surface area contributed by atoms with Gasteiger partial charge in [-0.15, -0.1) is 0 Å². The maximum atomic E-state index is 12.9. The van der Waals surface area contributed by atoms with Gasteiger partial charge in [-0.25, -0.2) is 4.39 Å². The van der Waals surface area contributed by atoms with Crippen LogP contribution in [0.5, 0.6) is 11.5 Å². The van der Waals surface area contributed by atoms with Crippen LogP contribution in [0.4, 0.5) is 4.39 Å². The zero-order valence-corrected chi connectivity index (χ0v) is 9.27. The van der Waals surface area contributed by atoms with Gasteiger partial charge in [0.15, 0.2) is 0 Å². The Labute approximate surface area is 98.9 Å². The van der Waals surface area contributed by atoms with Gasteiger partial charge in [-0.2, -0.15) is 5.26 Å². The van der Waals surface area contributed by atoms with E-state index in [-0.39, 0.29) is 5.82 Å². The van der Waals surface area contributed by atoms with Gasteiger partial charge < -0.3 is 4.74 Å². The molecule has 17 heavy (non-hydrogen) atoms. The lowest BCUT2D eigenvalue weighted by molar-refractivity contribution is 0.476. The summed E-state index contributed by atoms with van der Waals surface area (Å²) >= 11 is 0. The minimum atomic E-state index is -0.283. The molecule has 0 aliphatic rings. The molecule has 0 saturated heterocycles. The van der Waals surface area contributed by atoms with Crippen LogP contribution in [0, 0.1) is 24.1 Å². The van der Waals surface area contributed by atoms with Gasteiger partial charge in [0, 0.05) is 0 Å². The molecule has 0 aliphatic heterocycles. The summed E-state index contributed by atoms with van der Waals surface area (Å²) in [5.74, 6) is 0.949. The van der Waals surface area contributed by atoms with E-state index in [1.807, 2.05) is 6.07 Å². The largest absolute Gasteiger partial charge is 0.457 e. The molecule has 0 heterocycles. The number of hydrogen-bond donors (Lipinski definition) is 0. The van der Waals surface area contributed by atoms with Crippen molar-refractivity contribution < 1.29 is 9.13 Å². The summed E-state index contributed by atoms with van der Waals surface area (Å²) in [4.78, 5) is 0. The van der Waals surface area contributed by atoms with Crippen LogP contribution < -0.4 is 4.74 Å². The molecule has 0 spiro atoms. The molecule has 0 aliphatic carbocycles. The Morgan fingerprint density at radius 2 is 1.82 bits per heavy atom. The first-order valence-corrected chi connectivity index (χ1v) is 5.13. The monoisotopic (exact) mass is 227 g/mol. The summed E-state index contributed by atoms with van der Waals surface area (Å²) < 4.78 is 18.5. The third-order valence-electron chi connectivity index (χ3n) is 2.35. The molecule has 0 atom stereocenters. The molecule has 0 bridgehead atoms. The van der Waals surface area contributed by atoms with Crippen molar-refractivity contribution >= 4 is 0 Å². The Kier molecular flexibility index (Phi) is 3.06. The Morgan fingerprint density at radius 3 is 2.41 bits per heavy atom. The highest BCUT2D eigenvalue weighted by molar-refractivity contribution is 5.40. The van der Waals surface area contributed by atoms with Crippen LogP contribution in [0.3, 0.4) is 0 Å². The van der Waals surface area contributed by atoms with Crippen molar-refractivity contribution in [3.63, 3.8) is 0 Å². The zero-order chi connectivity index (χ0) is 12.3. The average Bonchev–Trinajstić information content (AvgIpc) is 2.34. The van der Waals surface area contributed by atoms with Crippen molar-refractivity contribution in [2.75, 3.05) is 0 Å². The Morgan fingerprint density at radius 1 is 1.12 bits per heavy atom. The minimum absolute atomic E-state index is 0.283. The second-order valence-corrected chi connectivity index (χ2v) is 3.65. The molecular weight excluding hydrogens is 217 g/mol. The third kappa shape index (κ3) is 2.61. The van der Waals surface area contributed by atoms with Crippen LogP contribution in [0.2, 0.25) is 0 Å². The highest BCUT2D eigenvalue weighted by Crippen LogP contribution is 2.25. The van der Waals surface area contributed by atoms with Crippen molar-refractivity contribution in [2.45, 2.75) is 6.92 Å². The van der Waals surface area contributed by atoms with Gasteiger partial charge in [0.2, 0.25) is 0 Å². The van der Waals surface area contributed by atoms with Crippen LogP contribution in [0.25, 0.3) is 0 Å². The molecule has 2 aromatic carbocycles. The fraction of sp³-hybridized carbons (Fsp3) is 0.0714. The smallest absolute Gasteiger partial charge is 0.130 e. The normalized spacial score (nSPS) is 9.71. The second kappa shape index (κ2) is 4.67. The summed E-state index contributed by atoms with van der Waals surface area (Å²) in [5, 5.41) is 8.66. The second-order valence-electron chi connectivity index (χ2n) is 3.65. The van der Waals surface area contributed by atoms with Crippen molar-refractivity contribution in [3.05, 3.63) is 59.4 Å². The quantitative estimate of drug-likeness (QED) is 0.781. The topological polar surface area (TPSA) is 33.0 Å². The summed E-state index contributed by atoms with van der Waals surface area (Å²) in [6, 6.07) is 13.2. The van der Waals surface area contributed by atoms with Crippen molar-refractivity contribution in [3.8, 4) is 17.6 Å². The Hall–Kier alpha value is -2.34. The van der Waals surface area contributed by atoms with Gasteiger partial charge in [0.25, 0.3) is 0 Å². The average molecular weight is 227 g/mol. The number of halogens is 1. The Balaban J connectivity index is 2.23. The molecule has 0 fully saturated rings. The standard InChI is InChI=1S/C14H10FNO/c1-10-8-12(15)4-7-14(10)17-13-5-2-11(9-16)3-6-13/h2-8H,1H3. The molecule has 3 heteroatoms. The summed E-state index contributed by atoms with van der Waals surface area (Å²) in [6.45, 7) is 1.78. The van der Waals surface area contributed by atoms with Crippen molar-refractivity contribution in [2.24, 2.45) is 0 Å². The molecule has 0 radical (unpaired) electrons. The lowest BCUT2D eigenvalue weighted by Crippen LogP contribution is -1.88. The lowest BCUT2D eigenvalue weighted by Gasteiger charge is -2.08. The van der Waals surface area contributed by atoms with E-state index in [1.165, 1.54) is 12.1 Å². The highest BCUT2D eigenvalue weighted by Gasteiger charge is 2.02. The number of nitrogens with zero attached hydrogens (tertiary/aromatic N) is 1. The number of nitriles is 1. The van der Waals surface area contributed by atoms with Crippen molar-refractivity contribution in [1.82, 2.24) is 0 Å². The van der Waals surface area contributed by atoms with Gasteiger partial charge >= 0.3 is 0 Å². The zero-order valence-electron chi connectivity index (χ0n) is 9.27. The van der Waals surface area contributed by atoms with Crippen LogP contribution in [-0.4, -0.2) is 0 Å². The molecule has 2 aromatic rings. The predicted molar refractivity (Wildman–Crippen MR) is 62.4 cm³/mol. The fourth-order valence-electron chi connectivity index (χ4n) is 1.45. The number of rotatable bonds is 2. The minimum Gasteiger partial charge on any atom is -0.457 e. The van der Waals surface area contributed by atoms with E-state index in [2.05, 4.69) is 0 Å². The van der Waals surface area contributed by atoms with Crippen LogP contribution in [0.1, 0.15) is 11.1 Å². The predicted octanol–water partition coefficient (Wildman–Crippen LogP) is 3.80. The Bertz CT molecular complexity index is 570. The molecule has 0 saturated carbocycles. The van der Waals surface area contributed by atoms with Gasteiger partial charge in [-0.1, -0.05) is 0 Å². The highest BCUT2D eigenvalue weighted by atomic mass is 19.1. The van der Waals surface area contributed by atoms with Gasteiger partial charge in [-0.05, 0) is 55.0 Å². The van der Waals surface area contributed by atoms with E-state index in [0.29, 0.717) is 17.1 Å². The number of aryl methyl sites for hydroxylation is 1. The maximum Gasteiger partial charge on any atom is 0.130 e. The third-order valence-corrected chi connectivity index (χ3v) is 2.35. The molecule has 2 rings (SSSR count). The molecule has 0 unspecified atom stereocenters. The molecule has 0 aromatic heterocycles. The summed E-state index contributed by atoms with van der Waals surface area (Å²) in [6.07, 6.45) is 0. The van der Waals surface area contributed by atoms with Crippen LogP contribution in [-0.2, 0) is 0 Å². The molecular formula is C14H10FNO. The molecule has 0 amide bonds. The van der Waals surface area contributed by atoms with Gasteiger partial charge in [-0.3, -0.25) is 0 Å². The van der Waals surface area contributed by atoms with Crippen LogP contribution in [0.15, 0.2) is 42.5 Å². The summed E-state index contributed by atoms with van der Waals surface area (Å²) in [5.41, 5.74) is 1.31. The van der Waals surface area contributed by atoms with E-state index in [9.17, 15) is 4.39 Å². The van der Waals surface area contributed by atoms with Gasteiger partial charge in [0.05, 0.1) is 11.6 Å². The van der Waals surface area contributed by atoms with E-state index in [4.69, 9.17) is 10.00 Å². The van der Waals surface area contributed by atoms with Crippen LogP contribution >= 0.6 is 0 Å². The van der Waals surface area contributed by atoms with E-state index >= 15 is 0 Å². The van der Waals surface area contributed by atoms with Gasteiger partial charge in [0.1, 0.15) is 17.3 Å². The van der Waals surface area contributed by atoms with E-state index < -0.39 is 0 Å². The first-order chi connectivity index (χ1) is 8.19. The first kappa shape index (κ1) is 11.2. The number of ether oxygens (including phenoxy) is 1. The lowest BCUT2D eigenvalue weighted by atomic mass is 10.2. The molecule has 84 valence electrons.